The number of hydrogen-bond donors (Lipinski definition) is 2. The van der Waals surface area contributed by atoms with Gasteiger partial charge in [-0.25, -0.2) is 0 Å². The molecule has 0 bridgehead atoms. The first-order valence-corrected chi connectivity index (χ1v) is 13.5. The van der Waals surface area contributed by atoms with Crippen molar-refractivity contribution in [2.75, 3.05) is 10.6 Å². The summed E-state index contributed by atoms with van der Waals surface area (Å²) in [7, 11) is 0. The number of aliphatic carboxylic acids is 1. The van der Waals surface area contributed by atoms with Crippen molar-refractivity contribution in [3.8, 4) is 22.3 Å². The summed E-state index contributed by atoms with van der Waals surface area (Å²) in [6.45, 7) is 13.8. The molecule has 0 saturated carbocycles. The molecule has 0 aliphatic carbocycles. The Bertz CT molecular complexity index is 1180. The van der Waals surface area contributed by atoms with Crippen LogP contribution in [0.4, 0.5) is 5.69 Å². The van der Waals surface area contributed by atoms with Gasteiger partial charge in [-0.3, -0.25) is 4.79 Å². The second kappa shape index (κ2) is 10.1. The minimum atomic E-state index is -0.795. The SMILES string of the molecule is CC(C)(C)O.CSN1c2c(C)c(CC(=O)O)c(-c3ccc(C)cc3)c(C)c2-c2ccsc2[C@@H]1C. The summed E-state index contributed by atoms with van der Waals surface area (Å²) in [5.41, 5.74) is 9.71. The quantitative estimate of drug-likeness (QED) is 0.364. The first kappa shape index (κ1) is 26.3. The predicted molar refractivity (Wildman–Crippen MR) is 147 cm³/mol. The molecule has 0 unspecified atom stereocenters. The van der Waals surface area contributed by atoms with Crippen LogP contribution in [0.15, 0.2) is 35.7 Å². The largest absolute Gasteiger partial charge is 0.481 e. The van der Waals surface area contributed by atoms with E-state index in [1.165, 1.54) is 27.3 Å². The van der Waals surface area contributed by atoms with Crippen molar-refractivity contribution < 1.29 is 15.0 Å². The summed E-state index contributed by atoms with van der Waals surface area (Å²) >= 11 is 3.51. The van der Waals surface area contributed by atoms with Crippen LogP contribution in [0.1, 0.15) is 60.9 Å². The maximum Gasteiger partial charge on any atom is 0.307 e. The smallest absolute Gasteiger partial charge is 0.307 e. The third kappa shape index (κ3) is 5.35. The number of aryl methyl sites for hydroxylation is 1. The third-order valence-corrected chi connectivity index (χ3v) is 7.86. The highest BCUT2D eigenvalue weighted by Gasteiger charge is 2.34. The lowest BCUT2D eigenvalue weighted by Crippen LogP contribution is -2.25. The van der Waals surface area contributed by atoms with Crippen LogP contribution in [0, 0.1) is 20.8 Å². The number of carboxylic acid groups (broad SMARTS) is 1. The van der Waals surface area contributed by atoms with Crippen molar-refractivity contribution in [1.82, 2.24) is 0 Å². The third-order valence-electron chi connectivity index (χ3n) is 5.88. The standard InChI is InChI=1S/C24H25NO2S2.C4H10O/c1-13-6-8-17(9-7-13)21-15(3)22-18-10-11-29-24(18)16(4)25(28-5)23(22)14(2)19(21)12-20(26)27;1-4(2,3)5/h6-11,16H,12H2,1-5H3,(H,26,27);5H,1-3H3/t16-;/m0./s1. The molecule has 2 heterocycles. The van der Waals surface area contributed by atoms with Gasteiger partial charge in [0, 0.05) is 22.3 Å². The van der Waals surface area contributed by atoms with Gasteiger partial charge in [0.25, 0.3) is 0 Å². The lowest BCUT2D eigenvalue weighted by atomic mass is 9.81. The van der Waals surface area contributed by atoms with E-state index in [0.717, 1.165) is 27.8 Å². The molecule has 2 N–H and O–H groups in total. The van der Waals surface area contributed by atoms with Crippen LogP contribution in [-0.2, 0) is 11.2 Å². The van der Waals surface area contributed by atoms with Gasteiger partial charge in [0.15, 0.2) is 0 Å². The molecule has 182 valence electrons. The molecule has 1 aromatic heterocycles. The van der Waals surface area contributed by atoms with Crippen LogP contribution in [-0.4, -0.2) is 28.0 Å². The number of aliphatic hydroxyl groups is 1. The normalized spacial score (nSPS) is 14.7. The van der Waals surface area contributed by atoms with Crippen LogP contribution >= 0.6 is 23.3 Å². The van der Waals surface area contributed by atoms with Gasteiger partial charge in [-0.2, -0.15) is 0 Å². The monoisotopic (exact) mass is 497 g/mol. The Kier molecular flexibility index (Phi) is 7.85. The number of carboxylic acids is 1. The van der Waals surface area contributed by atoms with Gasteiger partial charge >= 0.3 is 5.97 Å². The van der Waals surface area contributed by atoms with E-state index in [1.807, 2.05) is 0 Å². The van der Waals surface area contributed by atoms with E-state index in [9.17, 15) is 9.90 Å². The topological polar surface area (TPSA) is 60.8 Å². The zero-order chi connectivity index (χ0) is 25.4. The predicted octanol–water partition coefficient (Wildman–Crippen LogP) is 7.57. The minimum absolute atomic E-state index is 0.0241. The number of thiophene rings is 1. The zero-order valence-corrected chi connectivity index (χ0v) is 22.9. The number of hydrogen-bond acceptors (Lipinski definition) is 5. The van der Waals surface area contributed by atoms with Crippen molar-refractivity contribution in [2.45, 2.75) is 66.5 Å². The molecule has 2 aromatic carbocycles. The average molecular weight is 498 g/mol. The molecule has 6 heteroatoms. The highest BCUT2D eigenvalue weighted by Crippen LogP contribution is 2.54. The first-order valence-electron chi connectivity index (χ1n) is 11.4. The van der Waals surface area contributed by atoms with Crippen molar-refractivity contribution in [3.63, 3.8) is 0 Å². The van der Waals surface area contributed by atoms with Gasteiger partial charge in [-0.1, -0.05) is 41.8 Å². The second-order valence-electron chi connectivity index (χ2n) is 9.82. The molecule has 3 aromatic rings. The Balaban J connectivity index is 0.000000588. The summed E-state index contributed by atoms with van der Waals surface area (Å²) in [4.78, 5) is 13.2. The zero-order valence-electron chi connectivity index (χ0n) is 21.3. The summed E-state index contributed by atoms with van der Waals surface area (Å²) < 4.78 is 2.35. The van der Waals surface area contributed by atoms with Crippen LogP contribution in [0.3, 0.4) is 0 Å². The van der Waals surface area contributed by atoms with Crippen molar-refractivity contribution in [1.29, 1.82) is 0 Å². The van der Waals surface area contributed by atoms with Crippen LogP contribution in [0.25, 0.3) is 22.3 Å². The van der Waals surface area contributed by atoms with Gasteiger partial charge in [-0.05, 0) is 87.7 Å². The molecule has 1 aliphatic rings. The van der Waals surface area contributed by atoms with Gasteiger partial charge in [-0.15, -0.1) is 11.3 Å². The Hall–Kier alpha value is -2.28. The maximum absolute atomic E-state index is 11.8. The molecule has 1 atom stereocenters. The number of nitrogens with zero attached hydrogens (tertiary/aromatic N) is 1. The molecule has 34 heavy (non-hydrogen) atoms. The molecule has 0 saturated heterocycles. The summed E-state index contributed by atoms with van der Waals surface area (Å²) in [5, 5.41) is 20.4. The molecule has 0 spiro atoms. The Labute approximate surface area is 211 Å². The average Bonchev–Trinajstić information content (AvgIpc) is 3.21. The van der Waals surface area contributed by atoms with Crippen LogP contribution < -0.4 is 4.31 Å². The molecule has 0 fully saturated rings. The fourth-order valence-corrected chi connectivity index (χ4v) is 6.38. The maximum atomic E-state index is 11.8. The Morgan fingerprint density at radius 2 is 1.65 bits per heavy atom. The Morgan fingerprint density at radius 1 is 1.06 bits per heavy atom. The summed E-state index contributed by atoms with van der Waals surface area (Å²) in [5.74, 6) is -0.795. The van der Waals surface area contributed by atoms with E-state index < -0.39 is 11.6 Å². The summed E-state index contributed by atoms with van der Waals surface area (Å²) in [6.07, 6.45) is 2.12. The fourth-order valence-electron chi connectivity index (χ4n) is 4.54. The first-order chi connectivity index (χ1) is 15.8. The van der Waals surface area contributed by atoms with E-state index in [1.54, 1.807) is 44.1 Å². The highest BCUT2D eigenvalue weighted by molar-refractivity contribution is 8.00. The van der Waals surface area contributed by atoms with Gasteiger partial charge in [0.1, 0.15) is 0 Å². The molecule has 4 nitrogen and oxygen atoms in total. The molecular formula is C28H35NO3S2. The molecule has 0 radical (unpaired) electrons. The van der Waals surface area contributed by atoms with E-state index in [-0.39, 0.29) is 12.5 Å². The van der Waals surface area contributed by atoms with E-state index >= 15 is 0 Å². The number of carbonyl (C=O) groups is 1. The number of fused-ring (bicyclic) bond motifs is 3. The molecule has 0 amide bonds. The van der Waals surface area contributed by atoms with Crippen molar-refractivity contribution in [3.05, 3.63) is 62.8 Å². The number of rotatable bonds is 4. The van der Waals surface area contributed by atoms with Crippen molar-refractivity contribution in [2.24, 2.45) is 0 Å². The number of benzene rings is 2. The lowest BCUT2D eigenvalue weighted by Gasteiger charge is -2.38. The highest BCUT2D eigenvalue weighted by atomic mass is 32.2. The molecule has 4 rings (SSSR count). The van der Waals surface area contributed by atoms with E-state index in [0.29, 0.717) is 0 Å². The summed E-state index contributed by atoms with van der Waals surface area (Å²) in [6, 6.07) is 10.9. The van der Waals surface area contributed by atoms with Crippen LogP contribution in [0.2, 0.25) is 0 Å². The van der Waals surface area contributed by atoms with Gasteiger partial charge in [0.05, 0.1) is 23.8 Å². The molecule has 1 aliphatic heterocycles. The fraction of sp³-hybridized carbons (Fsp3) is 0.393. The second-order valence-corrected chi connectivity index (χ2v) is 11.5. The van der Waals surface area contributed by atoms with Gasteiger partial charge in [0.2, 0.25) is 0 Å². The van der Waals surface area contributed by atoms with E-state index in [4.69, 9.17) is 5.11 Å². The van der Waals surface area contributed by atoms with Gasteiger partial charge < -0.3 is 14.5 Å². The Morgan fingerprint density at radius 3 is 2.18 bits per heavy atom. The van der Waals surface area contributed by atoms with Crippen LogP contribution in [0.5, 0.6) is 0 Å². The minimum Gasteiger partial charge on any atom is -0.481 e. The lowest BCUT2D eigenvalue weighted by molar-refractivity contribution is -0.136. The van der Waals surface area contributed by atoms with E-state index in [2.05, 4.69) is 74.0 Å². The number of anilines is 1. The van der Waals surface area contributed by atoms with Crippen molar-refractivity contribution >= 4 is 34.9 Å². The molecular weight excluding hydrogens is 462 g/mol.